The molecule has 0 bridgehead atoms. The van der Waals surface area contributed by atoms with Crippen molar-refractivity contribution in [1.82, 2.24) is 9.97 Å². The van der Waals surface area contributed by atoms with Gasteiger partial charge in [0.1, 0.15) is 5.82 Å². The molecule has 90 valence electrons. The maximum Gasteiger partial charge on any atom is 0.358 e. The monoisotopic (exact) mass is 254 g/mol. The van der Waals surface area contributed by atoms with Crippen LogP contribution in [0.25, 0.3) is 0 Å². The van der Waals surface area contributed by atoms with Crippen LogP contribution < -0.4 is 0 Å². The molecule has 0 saturated heterocycles. The van der Waals surface area contributed by atoms with Crippen LogP contribution in [-0.4, -0.2) is 31.3 Å². The fourth-order valence-electron chi connectivity index (χ4n) is 1.49. The molecule has 6 nitrogen and oxygen atoms in total. The topological polar surface area (TPSA) is 104 Å². The average Bonchev–Trinajstić information content (AvgIpc) is 2.68. The van der Waals surface area contributed by atoms with Crippen LogP contribution in [0.15, 0.2) is 11.0 Å². The lowest BCUT2D eigenvalue weighted by molar-refractivity contribution is 0.0685. The minimum atomic E-state index is -1.39. The molecule has 0 aliphatic carbocycles. The zero-order valence-corrected chi connectivity index (χ0v) is 9.73. The second-order valence-electron chi connectivity index (χ2n) is 3.70. The molecular formula is C10H10N2O4S. The standard InChI is InChI=1S/C10H10N2O4S/c1-4-2-5(17-3-4)8-11-6(10(15)16)7(13)9(14)12-8/h3,5,13H,2H2,1H3,(H,15,16)(H,11,12,14). The third kappa shape index (κ3) is 2.19. The molecule has 2 heterocycles. The largest absolute Gasteiger partial charge is 0.501 e. The van der Waals surface area contributed by atoms with E-state index in [1.807, 2.05) is 12.3 Å². The third-order valence-corrected chi connectivity index (χ3v) is 3.56. The van der Waals surface area contributed by atoms with Gasteiger partial charge in [-0.15, -0.1) is 11.8 Å². The van der Waals surface area contributed by atoms with Crippen molar-refractivity contribution in [2.45, 2.75) is 18.6 Å². The van der Waals surface area contributed by atoms with E-state index in [0.717, 1.165) is 5.57 Å². The van der Waals surface area contributed by atoms with Crippen molar-refractivity contribution in [2.75, 3.05) is 0 Å². The van der Waals surface area contributed by atoms with E-state index < -0.39 is 23.3 Å². The summed E-state index contributed by atoms with van der Waals surface area (Å²) >= 11 is 1.47. The summed E-state index contributed by atoms with van der Waals surface area (Å²) in [4.78, 5) is 18.3. The van der Waals surface area contributed by atoms with Crippen molar-refractivity contribution in [3.05, 3.63) is 22.5 Å². The van der Waals surface area contributed by atoms with Crippen molar-refractivity contribution in [3.8, 4) is 11.6 Å². The molecule has 3 N–H and O–H groups in total. The number of allylic oxidation sites excluding steroid dienone is 1. The first-order chi connectivity index (χ1) is 7.99. The predicted molar refractivity (Wildman–Crippen MR) is 61.0 cm³/mol. The Labute approximate surface area is 101 Å². The molecule has 0 aromatic carbocycles. The highest BCUT2D eigenvalue weighted by atomic mass is 32.2. The number of nitrogens with zero attached hydrogens (tertiary/aromatic N) is 2. The summed E-state index contributed by atoms with van der Waals surface area (Å²) in [6, 6.07) is 0. The van der Waals surface area contributed by atoms with Gasteiger partial charge < -0.3 is 15.3 Å². The van der Waals surface area contributed by atoms with Crippen LogP contribution in [0.3, 0.4) is 0 Å². The van der Waals surface area contributed by atoms with Crippen LogP contribution in [0.5, 0.6) is 11.6 Å². The van der Waals surface area contributed by atoms with E-state index >= 15 is 0 Å². The molecule has 1 aliphatic rings. The predicted octanol–water partition coefficient (Wildman–Crippen LogP) is 1.67. The molecule has 2 rings (SSSR count). The molecule has 1 aliphatic heterocycles. The number of hydrogen-bond donors (Lipinski definition) is 3. The minimum Gasteiger partial charge on any atom is -0.501 e. The summed E-state index contributed by atoms with van der Waals surface area (Å²) < 4.78 is 0. The van der Waals surface area contributed by atoms with Gasteiger partial charge in [0, 0.05) is 0 Å². The van der Waals surface area contributed by atoms with Crippen molar-refractivity contribution >= 4 is 17.7 Å². The summed E-state index contributed by atoms with van der Waals surface area (Å²) in [7, 11) is 0. The van der Waals surface area contributed by atoms with E-state index in [4.69, 9.17) is 5.11 Å². The van der Waals surface area contributed by atoms with Gasteiger partial charge in [-0.2, -0.15) is 4.98 Å². The van der Waals surface area contributed by atoms with Crippen LogP contribution in [0.4, 0.5) is 0 Å². The van der Waals surface area contributed by atoms with Crippen LogP contribution in [0, 0.1) is 0 Å². The summed E-state index contributed by atoms with van der Waals surface area (Å²) in [6.07, 6.45) is 0.702. The molecule has 0 radical (unpaired) electrons. The van der Waals surface area contributed by atoms with E-state index in [9.17, 15) is 15.0 Å². The van der Waals surface area contributed by atoms with Gasteiger partial charge in [-0.25, -0.2) is 9.78 Å². The smallest absolute Gasteiger partial charge is 0.358 e. The lowest BCUT2D eigenvalue weighted by Crippen LogP contribution is -2.07. The Morgan fingerprint density at radius 1 is 1.47 bits per heavy atom. The molecule has 0 amide bonds. The maximum atomic E-state index is 10.8. The molecule has 1 aromatic heterocycles. The Kier molecular flexibility index (Phi) is 2.93. The molecule has 0 spiro atoms. The van der Waals surface area contributed by atoms with Gasteiger partial charge in [-0.05, 0) is 18.8 Å². The first kappa shape index (κ1) is 11.7. The first-order valence-electron chi connectivity index (χ1n) is 4.83. The van der Waals surface area contributed by atoms with Gasteiger partial charge in [0.2, 0.25) is 5.75 Å². The Hall–Kier alpha value is -1.76. The van der Waals surface area contributed by atoms with Crippen molar-refractivity contribution in [2.24, 2.45) is 0 Å². The fraction of sp³-hybridized carbons (Fsp3) is 0.300. The second kappa shape index (κ2) is 4.25. The Balaban J connectivity index is 2.40. The van der Waals surface area contributed by atoms with E-state index in [2.05, 4.69) is 9.97 Å². The number of rotatable bonds is 2. The van der Waals surface area contributed by atoms with E-state index in [-0.39, 0.29) is 11.1 Å². The average molecular weight is 254 g/mol. The molecule has 1 unspecified atom stereocenters. The molecule has 1 atom stereocenters. The maximum absolute atomic E-state index is 10.8. The van der Waals surface area contributed by atoms with Gasteiger partial charge in [0.15, 0.2) is 5.69 Å². The third-order valence-electron chi connectivity index (χ3n) is 2.31. The molecule has 0 saturated carbocycles. The van der Waals surface area contributed by atoms with Gasteiger partial charge in [0.25, 0.3) is 5.88 Å². The van der Waals surface area contributed by atoms with E-state index in [1.54, 1.807) is 0 Å². The van der Waals surface area contributed by atoms with Crippen molar-refractivity contribution < 1.29 is 20.1 Å². The summed E-state index contributed by atoms with van der Waals surface area (Å²) in [5.74, 6) is -2.67. The van der Waals surface area contributed by atoms with Gasteiger partial charge in [-0.1, -0.05) is 5.57 Å². The lowest BCUT2D eigenvalue weighted by atomic mass is 10.2. The highest BCUT2D eigenvalue weighted by Crippen LogP contribution is 2.41. The van der Waals surface area contributed by atoms with Crippen LogP contribution in [-0.2, 0) is 0 Å². The summed E-state index contributed by atoms with van der Waals surface area (Å²) in [5, 5.41) is 29.3. The number of carbonyl (C=O) groups is 1. The SMILES string of the molecule is CC1=CSC(c2nc(O)c(O)c(C(=O)O)n2)C1. The first-order valence-corrected chi connectivity index (χ1v) is 5.77. The summed E-state index contributed by atoms with van der Waals surface area (Å²) in [5.41, 5.74) is 0.575. The van der Waals surface area contributed by atoms with Crippen LogP contribution in [0.2, 0.25) is 0 Å². The van der Waals surface area contributed by atoms with Crippen molar-refractivity contribution in [3.63, 3.8) is 0 Å². The number of thioether (sulfide) groups is 1. The number of carboxylic acid groups (broad SMARTS) is 1. The molecule has 17 heavy (non-hydrogen) atoms. The zero-order valence-electron chi connectivity index (χ0n) is 8.91. The van der Waals surface area contributed by atoms with Gasteiger partial charge in [0.05, 0.1) is 5.25 Å². The van der Waals surface area contributed by atoms with E-state index in [1.165, 1.54) is 11.8 Å². The Bertz CT molecular complexity index is 515. The normalized spacial score (nSPS) is 19.1. The summed E-state index contributed by atoms with van der Waals surface area (Å²) in [6.45, 7) is 1.95. The number of aromatic hydroxyl groups is 2. The highest BCUT2D eigenvalue weighted by Gasteiger charge is 2.25. The number of aromatic nitrogens is 2. The molecular weight excluding hydrogens is 244 g/mol. The fourth-order valence-corrected chi connectivity index (χ4v) is 2.57. The lowest BCUT2D eigenvalue weighted by Gasteiger charge is -2.09. The number of hydrogen-bond acceptors (Lipinski definition) is 6. The van der Waals surface area contributed by atoms with Crippen molar-refractivity contribution in [1.29, 1.82) is 0 Å². The minimum absolute atomic E-state index is 0.111. The Morgan fingerprint density at radius 2 is 2.18 bits per heavy atom. The second-order valence-corrected chi connectivity index (χ2v) is 4.78. The molecule has 7 heteroatoms. The van der Waals surface area contributed by atoms with Gasteiger partial charge >= 0.3 is 5.97 Å². The molecule has 1 aromatic rings. The quantitative estimate of drug-likeness (QED) is 0.737. The van der Waals surface area contributed by atoms with Gasteiger partial charge in [-0.3, -0.25) is 0 Å². The highest BCUT2D eigenvalue weighted by molar-refractivity contribution is 8.02. The van der Waals surface area contributed by atoms with Crippen LogP contribution >= 0.6 is 11.8 Å². The van der Waals surface area contributed by atoms with E-state index in [0.29, 0.717) is 6.42 Å². The number of aromatic carboxylic acids is 1. The molecule has 0 fully saturated rings. The zero-order chi connectivity index (χ0) is 12.6. The number of carboxylic acids is 1. The Morgan fingerprint density at radius 3 is 2.71 bits per heavy atom. The van der Waals surface area contributed by atoms with Crippen LogP contribution in [0.1, 0.15) is 34.9 Å².